The third-order valence-electron chi connectivity index (χ3n) is 3.32. The van der Waals surface area contributed by atoms with E-state index in [-0.39, 0.29) is 12.5 Å². The van der Waals surface area contributed by atoms with Crippen LogP contribution in [0.25, 0.3) is 11.4 Å². The number of nitrogens with one attached hydrogen (secondary N) is 1. The Kier molecular flexibility index (Phi) is 4.09. The van der Waals surface area contributed by atoms with Gasteiger partial charge in [0.15, 0.2) is 0 Å². The second kappa shape index (κ2) is 6.35. The van der Waals surface area contributed by atoms with Crippen LogP contribution in [-0.2, 0) is 11.3 Å². The van der Waals surface area contributed by atoms with Crippen LogP contribution >= 0.6 is 0 Å². The van der Waals surface area contributed by atoms with Crippen LogP contribution in [0, 0.1) is 13.8 Å². The van der Waals surface area contributed by atoms with Crippen molar-refractivity contribution in [3.63, 3.8) is 0 Å². The lowest BCUT2D eigenvalue weighted by Gasteiger charge is -2.08. The fourth-order valence-corrected chi connectivity index (χ4v) is 2.11. The summed E-state index contributed by atoms with van der Waals surface area (Å²) in [7, 11) is 0. The molecule has 0 spiro atoms. The van der Waals surface area contributed by atoms with Crippen LogP contribution in [0.2, 0.25) is 0 Å². The maximum atomic E-state index is 12.1. The van der Waals surface area contributed by atoms with Crippen molar-refractivity contribution in [3.05, 3.63) is 53.9 Å². The molecule has 0 saturated heterocycles. The van der Waals surface area contributed by atoms with Gasteiger partial charge in [-0.05, 0) is 48.4 Å². The Labute approximate surface area is 133 Å². The number of nitrogens with zero attached hydrogens (tertiary/aromatic N) is 5. The fraction of sp³-hybridized carbons (Fsp3) is 0.188. The average molecular weight is 308 g/mol. The Morgan fingerprint density at radius 1 is 1.26 bits per heavy atom. The molecule has 0 fully saturated rings. The first-order chi connectivity index (χ1) is 11.1. The molecular formula is C16H16N6O. The average Bonchev–Trinajstić information content (AvgIpc) is 3.00. The molecule has 116 valence electrons. The summed E-state index contributed by atoms with van der Waals surface area (Å²) in [4.78, 5) is 17.4. The molecule has 0 radical (unpaired) electrons. The van der Waals surface area contributed by atoms with Crippen molar-refractivity contribution in [2.24, 2.45) is 0 Å². The summed E-state index contributed by atoms with van der Waals surface area (Å²) in [6.07, 6.45) is 3.32. The molecule has 1 amide bonds. The van der Waals surface area contributed by atoms with Gasteiger partial charge in [0.2, 0.25) is 11.7 Å². The van der Waals surface area contributed by atoms with Gasteiger partial charge in [-0.15, -0.1) is 10.2 Å². The molecule has 0 aliphatic carbocycles. The number of tetrazole rings is 1. The molecule has 1 N–H and O–H groups in total. The van der Waals surface area contributed by atoms with E-state index in [0.29, 0.717) is 5.82 Å². The maximum absolute atomic E-state index is 12.1. The first-order valence-corrected chi connectivity index (χ1v) is 7.17. The zero-order chi connectivity index (χ0) is 16.2. The topological polar surface area (TPSA) is 85.6 Å². The highest BCUT2D eigenvalue weighted by molar-refractivity contribution is 5.91. The summed E-state index contributed by atoms with van der Waals surface area (Å²) >= 11 is 0. The van der Waals surface area contributed by atoms with E-state index in [4.69, 9.17) is 0 Å². The Morgan fingerprint density at radius 2 is 2.13 bits per heavy atom. The van der Waals surface area contributed by atoms with E-state index >= 15 is 0 Å². The summed E-state index contributed by atoms with van der Waals surface area (Å²) in [5.41, 5.74) is 3.64. The van der Waals surface area contributed by atoms with Crippen LogP contribution in [-0.4, -0.2) is 31.1 Å². The quantitative estimate of drug-likeness (QED) is 0.796. The number of amides is 1. The molecular weight excluding hydrogens is 292 g/mol. The second-order valence-corrected chi connectivity index (χ2v) is 5.25. The Bertz CT molecular complexity index is 828. The van der Waals surface area contributed by atoms with Gasteiger partial charge in [-0.25, -0.2) is 0 Å². The molecule has 3 rings (SSSR count). The largest absolute Gasteiger partial charge is 0.324 e. The van der Waals surface area contributed by atoms with Crippen LogP contribution in [0.1, 0.15) is 11.1 Å². The number of hydrogen-bond donors (Lipinski definition) is 1. The van der Waals surface area contributed by atoms with Gasteiger partial charge in [-0.3, -0.25) is 9.78 Å². The van der Waals surface area contributed by atoms with E-state index in [2.05, 4.69) is 25.7 Å². The zero-order valence-electron chi connectivity index (χ0n) is 12.9. The first kappa shape index (κ1) is 14.8. The molecule has 0 unspecified atom stereocenters. The highest BCUT2D eigenvalue weighted by Gasteiger charge is 2.10. The number of rotatable bonds is 4. The molecule has 1 aromatic carbocycles. The van der Waals surface area contributed by atoms with Crippen molar-refractivity contribution in [2.75, 3.05) is 5.32 Å². The van der Waals surface area contributed by atoms with Crippen molar-refractivity contribution in [3.8, 4) is 11.4 Å². The molecule has 3 aromatic rings. The van der Waals surface area contributed by atoms with E-state index < -0.39 is 0 Å². The zero-order valence-corrected chi connectivity index (χ0v) is 12.9. The summed E-state index contributed by atoms with van der Waals surface area (Å²) in [6, 6.07) is 9.54. The lowest BCUT2D eigenvalue weighted by molar-refractivity contribution is -0.117. The maximum Gasteiger partial charge on any atom is 0.248 e. The van der Waals surface area contributed by atoms with Gasteiger partial charge < -0.3 is 5.32 Å². The summed E-state index contributed by atoms with van der Waals surface area (Å²) < 4.78 is 0. The first-order valence-electron chi connectivity index (χ1n) is 7.17. The van der Waals surface area contributed by atoms with Crippen molar-refractivity contribution < 1.29 is 4.79 Å². The SMILES string of the molecule is Cc1ccc(C)c(NC(=O)Cn2nnc(-c3cccnc3)n2)c1. The molecule has 0 aliphatic rings. The van der Waals surface area contributed by atoms with Gasteiger partial charge in [-0.2, -0.15) is 4.80 Å². The second-order valence-electron chi connectivity index (χ2n) is 5.25. The fourth-order valence-electron chi connectivity index (χ4n) is 2.11. The number of benzene rings is 1. The molecule has 7 heteroatoms. The lowest BCUT2D eigenvalue weighted by atomic mass is 10.1. The van der Waals surface area contributed by atoms with Crippen molar-refractivity contribution >= 4 is 11.6 Å². The third kappa shape index (κ3) is 3.57. The predicted octanol–water partition coefficient (Wildman–Crippen LogP) is 1.99. The van der Waals surface area contributed by atoms with Gasteiger partial charge in [0.1, 0.15) is 6.54 Å². The highest BCUT2D eigenvalue weighted by atomic mass is 16.2. The summed E-state index contributed by atoms with van der Waals surface area (Å²) in [6.45, 7) is 3.93. The highest BCUT2D eigenvalue weighted by Crippen LogP contribution is 2.16. The minimum absolute atomic E-state index is 0.000639. The standard InChI is InChI=1S/C16H16N6O/c1-11-5-6-12(2)14(8-11)18-15(23)10-22-20-16(19-21-22)13-4-3-7-17-9-13/h3-9H,10H2,1-2H3,(H,18,23). The molecule has 2 aromatic heterocycles. The smallest absolute Gasteiger partial charge is 0.248 e. The predicted molar refractivity (Wildman–Crippen MR) is 85.6 cm³/mol. The van der Waals surface area contributed by atoms with E-state index in [1.807, 2.05) is 38.1 Å². The van der Waals surface area contributed by atoms with Gasteiger partial charge in [0.25, 0.3) is 0 Å². The number of hydrogen-bond acceptors (Lipinski definition) is 5. The van der Waals surface area contributed by atoms with E-state index in [1.165, 1.54) is 4.80 Å². The number of carbonyl (C=O) groups excluding carboxylic acids is 1. The van der Waals surface area contributed by atoms with Gasteiger partial charge >= 0.3 is 0 Å². The van der Waals surface area contributed by atoms with Crippen molar-refractivity contribution in [2.45, 2.75) is 20.4 Å². The number of aryl methyl sites for hydroxylation is 2. The van der Waals surface area contributed by atoms with E-state index in [1.54, 1.807) is 18.5 Å². The van der Waals surface area contributed by atoms with Gasteiger partial charge in [-0.1, -0.05) is 12.1 Å². The minimum atomic E-state index is -0.200. The molecule has 2 heterocycles. The van der Waals surface area contributed by atoms with Crippen LogP contribution in [0.15, 0.2) is 42.7 Å². The van der Waals surface area contributed by atoms with Crippen LogP contribution in [0.4, 0.5) is 5.69 Å². The molecule has 23 heavy (non-hydrogen) atoms. The summed E-state index contributed by atoms with van der Waals surface area (Å²) in [5, 5.41) is 14.9. The Balaban J connectivity index is 1.69. The molecule has 0 bridgehead atoms. The Hall–Kier alpha value is -3.09. The normalized spacial score (nSPS) is 10.5. The number of aromatic nitrogens is 5. The summed E-state index contributed by atoms with van der Waals surface area (Å²) in [5.74, 6) is 0.242. The number of anilines is 1. The lowest BCUT2D eigenvalue weighted by Crippen LogP contribution is -2.21. The van der Waals surface area contributed by atoms with Crippen molar-refractivity contribution in [1.82, 2.24) is 25.2 Å². The molecule has 0 atom stereocenters. The van der Waals surface area contributed by atoms with E-state index in [9.17, 15) is 4.79 Å². The van der Waals surface area contributed by atoms with Crippen molar-refractivity contribution in [1.29, 1.82) is 0 Å². The number of pyridine rings is 1. The minimum Gasteiger partial charge on any atom is -0.324 e. The third-order valence-corrected chi connectivity index (χ3v) is 3.32. The Morgan fingerprint density at radius 3 is 2.91 bits per heavy atom. The van der Waals surface area contributed by atoms with Crippen LogP contribution < -0.4 is 5.32 Å². The molecule has 0 saturated carbocycles. The monoisotopic (exact) mass is 308 g/mol. The van der Waals surface area contributed by atoms with Gasteiger partial charge in [0.05, 0.1) is 0 Å². The number of carbonyl (C=O) groups is 1. The van der Waals surface area contributed by atoms with Crippen LogP contribution in [0.5, 0.6) is 0 Å². The molecule has 7 nitrogen and oxygen atoms in total. The van der Waals surface area contributed by atoms with Gasteiger partial charge in [0, 0.05) is 23.6 Å². The van der Waals surface area contributed by atoms with E-state index in [0.717, 1.165) is 22.4 Å². The molecule has 0 aliphatic heterocycles. The van der Waals surface area contributed by atoms with Crippen LogP contribution in [0.3, 0.4) is 0 Å².